The standard InChI is InChI=1S/C16H18ClN3O6S/c1-9(19)13(7-18)14(22)8-26-16(23)15(10(2)21)20-27(24,25)12-5-3-11(17)4-6-12/h3-6,10,13,15,19-21H,8H2,1-2H3/t10-,13+,15-/m0/s1. The van der Waals surface area contributed by atoms with Crippen LogP contribution in [0.25, 0.3) is 0 Å². The molecule has 0 aliphatic rings. The molecule has 11 heteroatoms. The number of rotatable bonds is 9. The van der Waals surface area contributed by atoms with Gasteiger partial charge in [0, 0.05) is 10.7 Å². The van der Waals surface area contributed by atoms with Gasteiger partial charge in [-0.25, -0.2) is 8.42 Å². The molecule has 9 nitrogen and oxygen atoms in total. The molecule has 0 aliphatic carbocycles. The normalized spacial score (nSPS) is 14.5. The second kappa shape index (κ2) is 9.57. The molecule has 3 atom stereocenters. The summed E-state index contributed by atoms with van der Waals surface area (Å²) < 4.78 is 31.4. The van der Waals surface area contributed by atoms with Crippen LogP contribution in [0.3, 0.4) is 0 Å². The Labute approximate surface area is 161 Å². The maximum absolute atomic E-state index is 12.3. The molecule has 0 saturated heterocycles. The molecule has 0 radical (unpaired) electrons. The van der Waals surface area contributed by atoms with Crippen LogP contribution in [0.5, 0.6) is 0 Å². The highest BCUT2D eigenvalue weighted by Gasteiger charge is 2.32. The molecular formula is C16H18ClN3O6S. The average molecular weight is 416 g/mol. The van der Waals surface area contributed by atoms with Gasteiger partial charge in [0.1, 0.15) is 12.0 Å². The van der Waals surface area contributed by atoms with E-state index in [4.69, 9.17) is 27.0 Å². The van der Waals surface area contributed by atoms with Crippen molar-refractivity contribution in [3.05, 3.63) is 29.3 Å². The summed E-state index contributed by atoms with van der Waals surface area (Å²) in [6.07, 6.45) is -1.47. The molecule has 0 amide bonds. The quantitative estimate of drug-likeness (QED) is 0.394. The fraction of sp³-hybridized carbons (Fsp3) is 0.375. The predicted octanol–water partition coefficient (Wildman–Crippen LogP) is 0.659. The van der Waals surface area contributed by atoms with Crippen LogP contribution in [0.15, 0.2) is 29.2 Å². The first-order valence-corrected chi connectivity index (χ1v) is 9.45. The van der Waals surface area contributed by atoms with Crippen LogP contribution in [0.1, 0.15) is 13.8 Å². The number of nitrogens with one attached hydrogen (secondary N) is 2. The molecule has 0 saturated carbocycles. The molecule has 27 heavy (non-hydrogen) atoms. The molecule has 0 unspecified atom stereocenters. The van der Waals surface area contributed by atoms with Gasteiger partial charge in [0.25, 0.3) is 0 Å². The SMILES string of the molecule is CC(=N)[C@@H](C#N)C(=O)COC(=O)[C@@H](NS(=O)(=O)c1ccc(Cl)cc1)[C@H](C)O. The summed E-state index contributed by atoms with van der Waals surface area (Å²) in [5, 5.41) is 26.2. The minimum absolute atomic E-state index is 0.189. The molecule has 1 aromatic rings. The van der Waals surface area contributed by atoms with E-state index in [0.717, 1.165) is 6.92 Å². The molecule has 146 valence electrons. The minimum atomic E-state index is -4.18. The van der Waals surface area contributed by atoms with Crippen LogP contribution in [-0.4, -0.2) is 49.7 Å². The molecule has 0 fully saturated rings. The van der Waals surface area contributed by atoms with Gasteiger partial charge in [0.2, 0.25) is 10.0 Å². The summed E-state index contributed by atoms with van der Waals surface area (Å²) in [6, 6.07) is 5.03. The Morgan fingerprint density at radius 2 is 1.93 bits per heavy atom. The minimum Gasteiger partial charge on any atom is -0.456 e. The Bertz CT molecular complexity index is 861. The van der Waals surface area contributed by atoms with Gasteiger partial charge in [-0.3, -0.25) is 9.59 Å². The van der Waals surface area contributed by atoms with Crippen molar-refractivity contribution < 1.29 is 27.9 Å². The summed E-state index contributed by atoms with van der Waals surface area (Å²) in [6.45, 7) is 1.59. The van der Waals surface area contributed by atoms with Crippen molar-refractivity contribution in [3.8, 4) is 6.07 Å². The van der Waals surface area contributed by atoms with E-state index in [1.807, 2.05) is 4.72 Å². The lowest BCUT2D eigenvalue weighted by Crippen LogP contribution is -2.48. The number of carbonyl (C=O) groups is 2. The smallest absolute Gasteiger partial charge is 0.327 e. The van der Waals surface area contributed by atoms with Crippen molar-refractivity contribution in [1.82, 2.24) is 4.72 Å². The largest absolute Gasteiger partial charge is 0.456 e. The summed E-state index contributed by atoms with van der Waals surface area (Å²) >= 11 is 5.70. The van der Waals surface area contributed by atoms with Gasteiger partial charge >= 0.3 is 5.97 Å². The van der Waals surface area contributed by atoms with Crippen molar-refractivity contribution in [3.63, 3.8) is 0 Å². The number of hydrogen-bond acceptors (Lipinski definition) is 8. The molecule has 0 aliphatic heterocycles. The van der Waals surface area contributed by atoms with Crippen LogP contribution in [0, 0.1) is 22.7 Å². The second-order valence-electron chi connectivity index (χ2n) is 5.61. The van der Waals surface area contributed by atoms with Crippen LogP contribution >= 0.6 is 11.6 Å². The first-order valence-electron chi connectivity index (χ1n) is 7.59. The summed E-state index contributed by atoms with van der Waals surface area (Å²) in [5.41, 5.74) is -0.214. The van der Waals surface area contributed by atoms with Gasteiger partial charge in [0.15, 0.2) is 12.4 Å². The van der Waals surface area contributed by atoms with Crippen molar-refractivity contribution >= 4 is 39.1 Å². The number of halogens is 1. The number of aliphatic hydroxyl groups is 1. The third kappa shape index (κ3) is 6.41. The van der Waals surface area contributed by atoms with Crippen molar-refractivity contribution in [2.45, 2.75) is 30.9 Å². The lowest BCUT2D eigenvalue weighted by molar-refractivity contribution is -0.152. The van der Waals surface area contributed by atoms with Crippen LogP contribution in [0.2, 0.25) is 5.02 Å². The molecule has 3 N–H and O–H groups in total. The zero-order chi connectivity index (χ0) is 20.8. The number of hydrogen-bond donors (Lipinski definition) is 3. The number of sulfonamides is 1. The van der Waals surface area contributed by atoms with E-state index in [1.165, 1.54) is 31.2 Å². The second-order valence-corrected chi connectivity index (χ2v) is 7.76. The van der Waals surface area contributed by atoms with Crippen LogP contribution in [-0.2, 0) is 24.3 Å². The van der Waals surface area contributed by atoms with Gasteiger partial charge in [-0.1, -0.05) is 11.6 Å². The average Bonchev–Trinajstić information content (AvgIpc) is 2.58. The Kier molecular flexibility index (Phi) is 8.05. The Balaban J connectivity index is 2.88. The van der Waals surface area contributed by atoms with E-state index in [0.29, 0.717) is 5.02 Å². The number of carbonyl (C=O) groups excluding carboxylic acids is 2. The Morgan fingerprint density at radius 3 is 2.37 bits per heavy atom. The van der Waals surface area contributed by atoms with E-state index >= 15 is 0 Å². The number of ketones is 1. The van der Waals surface area contributed by atoms with Crippen molar-refractivity contribution in [2.75, 3.05) is 6.61 Å². The number of ether oxygens (including phenoxy) is 1. The van der Waals surface area contributed by atoms with Gasteiger partial charge in [-0.05, 0) is 38.1 Å². The number of Topliss-reactive ketones (excluding diaryl/α,β-unsaturated/α-hetero) is 1. The monoisotopic (exact) mass is 415 g/mol. The maximum Gasteiger partial charge on any atom is 0.327 e. The van der Waals surface area contributed by atoms with E-state index in [-0.39, 0.29) is 10.6 Å². The molecule has 0 aromatic heterocycles. The van der Waals surface area contributed by atoms with E-state index < -0.39 is 46.4 Å². The number of esters is 1. The zero-order valence-electron chi connectivity index (χ0n) is 14.5. The third-order valence-electron chi connectivity index (χ3n) is 3.38. The lowest BCUT2D eigenvalue weighted by Gasteiger charge is -2.20. The highest BCUT2D eigenvalue weighted by molar-refractivity contribution is 7.89. The topological polar surface area (TPSA) is 157 Å². The molecule has 0 spiro atoms. The van der Waals surface area contributed by atoms with E-state index in [1.54, 1.807) is 6.07 Å². The van der Waals surface area contributed by atoms with Gasteiger partial charge < -0.3 is 15.3 Å². The predicted molar refractivity (Wildman–Crippen MR) is 95.7 cm³/mol. The zero-order valence-corrected chi connectivity index (χ0v) is 16.0. The van der Waals surface area contributed by atoms with Crippen LogP contribution < -0.4 is 4.72 Å². The highest BCUT2D eigenvalue weighted by Crippen LogP contribution is 2.15. The number of benzene rings is 1. The number of aliphatic hydroxyl groups excluding tert-OH is 1. The first kappa shape index (κ1) is 22.7. The first-order chi connectivity index (χ1) is 12.5. The number of nitriles is 1. The number of nitrogens with zero attached hydrogens (tertiary/aromatic N) is 1. The Hall–Kier alpha value is -2.32. The summed E-state index contributed by atoms with van der Waals surface area (Å²) in [4.78, 5) is 23.7. The maximum atomic E-state index is 12.3. The van der Waals surface area contributed by atoms with Gasteiger partial charge in [0.05, 0.1) is 17.1 Å². The molecule has 0 bridgehead atoms. The third-order valence-corrected chi connectivity index (χ3v) is 5.09. The van der Waals surface area contributed by atoms with E-state index in [2.05, 4.69) is 0 Å². The van der Waals surface area contributed by atoms with Gasteiger partial charge in [-0.2, -0.15) is 9.98 Å². The van der Waals surface area contributed by atoms with Gasteiger partial charge in [-0.15, -0.1) is 0 Å². The van der Waals surface area contributed by atoms with Crippen molar-refractivity contribution in [2.24, 2.45) is 5.92 Å². The molecular weight excluding hydrogens is 398 g/mol. The lowest BCUT2D eigenvalue weighted by atomic mass is 10.0. The fourth-order valence-corrected chi connectivity index (χ4v) is 3.30. The van der Waals surface area contributed by atoms with Crippen molar-refractivity contribution in [1.29, 1.82) is 10.7 Å². The fourth-order valence-electron chi connectivity index (χ4n) is 1.92. The van der Waals surface area contributed by atoms with Crippen LogP contribution in [0.4, 0.5) is 0 Å². The molecule has 1 rings (SSSR count). The highest BCUT2D eigenvalue weighted by atomic mass is 35.5. The Morgan fingerprint density at radius 1 is 1.37 bits per heavy atom. The molecule has 0 heterocycles. The summed E-state index contributed by atoms with van der Waals surface area (Å²) in [5.74, 6) is -3.40. The summed E-state index contributed by atoms with van der Waals surface area (Å²) in [7, 11) is -4.18. The van der Waals surface area contributed by atoms with E-state index in [9.17, 15) is 23.1 Å². The molecule has 1 aromatic carbocycles.